The van der Waals surface area contributed by atoms with Crippen molar-refractivity contribution >= 4 is 11.8 Å². The topological polar surface area (TPSA) is 71.8 Å². The normalized spacial score (nSPS) is 11.3. The molecule has 2 aromatic rings. The third-order valence-electron chi connectivity index (χ3n) is 3.06. The van der Waals surface area contributed by atoms with Crippen LogP contribution in [0, 0.1) is 12.7 Å². The number of hydrogen-bond acceptors (Lipinski definition) is 3. The number of halogens is 3. The minimum absolute atomic E-state index is 0.175. The van der Waals surface area contributed by atoms with Crippen molar-refractivity contribution in [1.82, 2.24) is 20.3 Å². The third kappa shape index (κ3) is 3.54. The number of hydrogen-bond donors (Lipinski definition) is 2. The number of amides is 2. The molecule has 22 heavy (non-hydrogen) atoms. The molecule has 0 saturated heterocycles. The highest BCUT2D eigenvalue weighted by atomic mass is 19.3. The number of urea groups is 1. The molecule has 1 aromatic carbocycles. The summed E-state index contributed by atoms with van der Waals surface area (Å²) in [5, 5.41) is 11.7. The van der Waals surface area contributed by atoms with Crippen molar-refractivity contribution in [3.05, 3.63) is 41.3 Å². The van der Waals surface area contributed by atoms with Gasteiger partial charge < -0.3 is 5.32 Å². The number of nitrogens with one attached hydrogen (secondary N) is 2. The summed E-state index contributed by atoms with van der Waals surface area (Å²) >= 11 is 0. The maximum absolute atomic E-state index is 13.9. The summed E-state index contributed by atoms with van der Waals surface area (Å²) in [7, 11) is 1.63. The molecule has 1 heterocycles. The van der Waals surface area contributed by atoms with Gasteiger partial charge in [-0.1, -0.05) is 17.3 Å². The van der Waals surface area contributed by atoms with Crippen LogP contribution in [-0.2, 0) is 13.0 Å². The Balaban J connectivity index is 1.96. The second-order valence-corrected chi connectivity index (χ2v) is 4.67. The third-order valence-corrected chi connectivity index (χ3v) is 3.06. The Labute approximate surface area is 124 Å². The number of carbonyl (C=O) groups is 1. The first kappa shape index (κ1) is 15.8. The Bertz CT molecular complexity index is 686. The smallest absolute Gasteiger partial charge is 0.320 e. The van der Waals surface area contributed by atoms with E-state index in [4.69, 9.17) is 0 Å². The molecule has 0 aliphatic rings. The van der Waals surface area contributed by atoms with Gasteiger partial charge in [-0.15, -0.1) is 5.10 Å². The van der Waals surface area contributed by atoms with Crippen molar-refractivity contribution in [2.75, 3.05) is 11.9 Å². The molecular weight excluding hydrogens is 299 g/mol. The van der Waals surface area contributed by atoms with E-state index in [0.29, 0.717) is 5.69 Å². The highest BCUT2D eigenvalue weighted by molar-refractivity contribution is 5.88. The fourth-order valence-electron chi connectivity index (χ4n) is 1.68. The van der Waals surface area contributed by atoms with Crippen LogP contribution in [-0.4, -0.2) is 27.6 Å². The standard InChI is InChI=1S/C13H14F3N5O/c1-8-11(19-20-21(8)2)18-12(22)17-7-13(15,16)9-4-3-5-10(14)6-9/h3-6H,7H2,1-2H3,(H2,17,18,22). The van der Waals surface area contributed by atoms with Crippen molar-refractivity contribution in [2.24, 2.45) is 7.05 Å². The lowest BCUT2D eigenvalue weighted by Crippen LogP contribution is -2.37. The Morgan fingerprint density at radius 3 is 2.73 bits per heavy atom. The summed E-state index contributed by atoms with van der Waals surface area (Å²) in [6.07, 6.45) is 0. The molecule has 0 aliphatic carbocycles. The van der Waals surface area contributed by atoms with Crippen molar-refractivity contribution in [1.29, 1.82) is 0 Å². The maximum Gasteiger partial charge on any atom is 0.320 e. The summed E-state index contributed by atoms with van der Waals surface area (Å²) in [4.78, 5) is 11.6. The van der Waals surface area contributed by atoms with E-state index in [1.807, 2.05) is 5.32 Å². The fraction of sp³-hybridized carbons (Fsp3) is 0.308. The summed E-state index contributed by atoms with van der Waals surface area (Å²) in [5.74, 6) is -3.98. The van der Waals surface area contributed by atoms with Gasteiger partial charge in [-0.3, -0.25) is 10.00 Å². The van der Waals surface area contributed by atoms with Gasteiger partial charge >= 0.3 is 6.03 Å². The largest absolute Gasteiger partial charge is 0.331 e. The molecule has 0 unspecified atom stereocenters. The van der Waals surface area contributed by atoms with Gasteiger partial charge in [-0.25, -0.2) is 9.18 Å². The molecule has 118 valence electrons. The minimum atomic E-state index is -3.39. The Kier molecular flexibility index (Phi) is 4.34. The van der Waals surface area contributed by atoms with Gasteiger partial charge in [0.25, 0.3) is 5.92 Å². The SMILES string of the molecule is Cc1c(NC(=O)NCC(F)(F)c2cccc(F)c2)nnn1C. The van der Waals surface area contributed by atoms with E-state index in [-0.39, 0.29) is 5.82 Å². The van der Waals surface area contributed by atoms with Crippen molar-refractivity contribution in [3.63, 3.8) is 0 Å². The predicted octanol–water partition coefficient (Wildman–Crippen LogP) is 2.18. The van der Waals surface area contributed by atoms with Gasteiger partial charge in [0.05, 0.1) is 12.2 Å². The molecule has 0 saturated carbocycles. The quantitative estimate of drug-likeness (QED) is 0.909. The van der Waals surface area contributed by atoms with Crippen LogP contribution in [0.2, 0.25) is 0 Å². The summed E-state index contributed by atoms with van der Waals surface area (Å²) in [5.41, 5.74) is 0.0653. The first-order chi connectivity index (χ1) is 10.3. The molecule has 2 rings (SSSR count). The zero-order valence-corrected chi connectivity index (χ0v) is 11.9. The number of benzene rings is 1. The van der Waals surface area contributed by atoms with Gasteiger partial charge in [0.15, 0.2) is 5.82 Å². The monoisotopic (exact) mass is 313 g/mol. The summed E-state index contributed by atoms with van der Waals surface area (Å²) < 4.78 is 42.2. The Morgan fingerprint density at radius 1 is 1.41 bits per heavy atom. The van der Waals surface area contributed by atoms with Crippen LogP contribution in [0.25, 0.3) is 0 Å². The molecular formula is C13H14F3N5O. The van der Waals surface area contributed by atoms with Crippen LogP contribution >= 0.6 is 0 Å². The number of alkyl halides is 2. The number of nitrogens with zero attached hydrogens (tertiary/aromatic N) is 3. The van der Waals surface area contributed by atoms with E-state index in [0.717, 1.165) is 18.2 Å². The number of aromatic nitrogens is 3. The molecule has 0 atom stereocenters. The molecule has 0 spiro atoms. The zero-order valence-electron chi connectivity index (χ0n) is 11.9. The molecule has 2 N–H and O–H groups in total. The molecule has 0 aliphatic heterocycles. The van der Waals surface area contributed by atoms with Crippen LogP contribution in [0.5, 0.6) is 0 Å². The van der Waals surface area contributed by atoms with E-state index >= 15 is 0 Å². The summed E-state index contributed by atoms with van der Waals surface area (Å²) in [6, 6.07) is 3.22. The average molecular weight is 313 g/mol. The van der Waals surface area contributed by atoms with Crippen LogP contribution in [0.4, 0.5) is 23.8 Å². The molecule has 2 amide bonds. The first-order valence-electron chi connectivity index (χ1n) is 6.34. The second kappa shape index (κ2) is 6.04. The Hall–Kier alpha value is -2.58. The predicted molar refractivity (Wildman–Crippen MR) is 73.1 cm³/mol. The number of anilines is 1. The molecule has 0 fully saturated rings. The highest BCUT2D eigenvalue weighted by Crippen LogP contribution is 2.27. The number of carbonyl (C=O) groups excluding carboxylic acids is 1. The van der Waals surface area contributed by atoms with Crippen LogP contribution < -0.4 is 10.6 Å². The van der Waals surface area contributed by atoms with Gasteiger partial charge in [-0.05, 0) is 19.1 Å². The fourth-order valence-corrected chi connectivity index (χ4v) is 1.68. The van der Waals surface area contributed by atoms with E-state index in [1.165, 1.54) is 10.7 Å². The molecule has 0 bridgehead atoms. The molecule has 1 aromatic heterocycles. The van der Waals surface area contributed by atoms with E-state index in [2.05, 4.69) is 15.6 Å². The summed E-state index contributed by atoms with van der Waals surface area (Å²) in [6.45, 7) is 0.693. The highest BCUT2D eigenvalue weighted by Gasteiger charge is 2.32. The van der Waals surface area contributed by atoms with Crippen LogP contribution in [0.1, 0.15) is 11.3 Å². The lowest BCUT2D eigenvalue weighted by molar-refractivity contribution is -0.000374. The molecule has 0 radical (unpaired) electrons. The number of rotatable bonds is 4. The molecule has 6 nitrogen and oxygen atoms in total. The van der Waals surface area contributed by atoms with Crippen LogP contribution in [0.3, 0.4) is 0 Å². The van der Waals surface area contributed by atoms with E-state index < -0.39 is 29.9 Å². The molecule has 9 heteroatoms. The van der Waals surface area contributed by atoms with Gasteiger partial charge in [0.2, 0.25) is 0 Å². The van der Waals surface area contributed by atoms with Gasteiger partial charge in [-0.2, -0.15) is 8.78 Å². The van der Waals surface area contributed by atoms with E-state index in [1.54, 1.807) is 14.0 Å². The zero-order chi connectivity index (χ0) is 16.3. The minimum Gasteiger partial charge on any atom is -0.331 e. The van der Waals surface area contributed by atoms with E-state index in [9.17, 15) is 18.0 Å². The second-order valence-electron chi connectivity index (χ2n) is 4.67. The van der Waals surface area contributed by atoms with Crippen molar-refractivity contribution in [3.8, 4) is 0 Å². The average Bonchev–Trinajstić information content (AvgIpc) is 2.77. The van der Waals surface area contributed by atoms with Gasteiger partial charge in [0, 0.05) is 12.6 Å². The first-order valence-corrected chi connectivity index (χ1v) is 6.34. The maximum atomic E-state index is 13.9. The van der Waals surface area contributed by atoms with Gasteiger partial charge in [0.1, 0.15) is 5.82 Å². The number of aryl methyl sites for hydroxylation is 1. The lowest BCUT2D eigenvalue weighted by atomic mass is 10.1. The van der Waals surface area contributed by atoms with Crippen LogP contribution in [0.15, 0.2) is 24.3 Å². The lowest BCUT2D eigenvalue weighted by Gasteiger charge is -2.17. The van der Waals surface area contributed by atoms with Crippen molar-refractivity contribution < 1.29 is 18.0 Å². The Morgan fingerprint density at radius 2 is 2.14 bits per heavy atom. The van der Waals surface area contributed by atoms with Crippen molar-refractivity contribution in [2.45, 2.75) is 12.8 Å².